The number of nitrogens with zero attached hydrogens (tertiary/aromatic N) is 1. The van der Waals surface area contributed by atoms with E-state index in [1.165, 1.54) is 43.5 Å². The zero-order chi connectivity index (χ0) is 13.9. The first-order chi connectivity index (χ1) is 9.81. The van der Waals surface area contributed by atoms with Gasteiger partial charge in [-0.2, -0.15) is 0 Å². The minimum Gasteiger partial charge on any atom is -0.383 e. The minimum absolute atomic E-state index is 0.817. The zero-order valence-electron chi connectivity index (χ0n) is 12.8. The summed E-state index contributed by atoms with van der Waals surface area (Å²) in [6, 6.07) is 2.49. The molecule has 0 unspecified atom stereocenters. The Labute approximate surface area is 122 Å². The highest BCUT2D eigenvalue weighted by atomic mass is 16.5. The zero-order valence-corrected chi connectivity index (χ0v) is 12.8. The second-order valence-electron chi connectivity index (χ2n) is 5.98. The predicted molar refractivity (Wildman–Crippen MR) is 83.9 cm³/mol. The number of hydrogen-bond donors (Lipinski definition) is 1. The number of ether oxygens (including phenoxy) is 1. The van der Waals surface area contributed by atoms with Crippen LogP contribution in [0.3, 0.4) is 0 Å². The fraction of sp³-hybridized carbons (Fsp3) is 0.647. The smallest absolute Gasteiger partial charge is 0.0637 e. The molecular weight excluding hydrogens is 248 g/mol. The second-order valence-corrected chi connectivity index (χ2v) is 5.98. The molecule has 0 saturated heterocycles. The molecule has 0 spiro atoms. The average Bonchev–Trinajstić information content (AvgIpc) is 2.70. The number of fused-ring (bicyclic) bond motifs is 2. The minimum atomic E-state index is 0.817. The molecule has 1 aromatic carbocycles. The molecule has 0 atom stereocenters. The Balaban J connectivity index is 2.00. The van der Waals surface area contributed by atoms with E-state index in [0.29, 0.717) is 0 Å². The molecule has 0 amide bonds. The van der Waals surface area contributed by atoms with E-state index in [-0.39, 0.29) is 0 Å². The van der Waals surface area contributed by atoms with Crippen LogP contribution < -0.4 is 10.2 Å². The molecular formula is C17H26N2O. The third kappa shape index (κ3) is 2.57. The number of aryl methyl sites for hydroxylation is 1. The highest BCUT2D eigenvalue weighted by Gasteiger charge is 2.23. The number of rotatable bonds is 3. The van der Waals surface area contributed by atoms with Gasteiger partial charge in [-0.3, -0.25) is 0 Å². The molecule has 2 heterocycles. The highest BCUT2D eigenvalue weighted by molar-refractivity contribution is 5.65. The molecule has 1 N–H and O–H groups in total. The van der Waals surface area contributed by atoms with E-state index in [9.17, 15) is 0 Å². The largest absolute Gasteiger partial charge is 0.383 e. The maximum absolute atomic E-state index is 5.28. The van der Waals surface area contributed by atoms with Gasteiger partial charge in [0, 0.05) is 25.9 Å². The number of methoxy groups -OCH3 is 1. The average molecular weight is 274 g/mol. The van der Waals surface area contributed by atoms with Crippen LogP contribution in [0.25, 0.3) is 0 Å². The van der Waals surface area contributed by atoms with Crippen molar-refractivity contribution in [2.24, 2.45) is 0 Å². The van der Waals surface area contributed by atoms with Crippen molar-refractivity contribution in [2.45, 2.75) is 32.6 Å². The summed E-state index contributed by atoms with van der Waals surface area (Å²) >= 11 is 0. The predicted octanol–water partition coefficient (Wildman–Crippen LogP) is 2.08. The molecule has 3 rings (SSSR count). The summed E-state index contributed by atoms with van der Waals surface area (Å²) in [6.07, 6.45) is 4.86. The van der Waals surface area contributed by atoms with E-state index in [4.69, 9.17) is 4.74 Å². The Morgan fingerprint density at radius 2 is 2.05 bits per heavy atom. The Morgan fingerprint density at radius 3 is 2.90 bits per heavy atom. The van der Waals surface area contributed by atoms with E-state index in [1.807, 2.05) is 0 Å². The van der Waals surface area contributed by atoms with Gasteiger partial charge in [-0.05, 0) is 68.0 Å². The van der Waals surface area contributed by atoms with Crippen molar-refractivity contribution < 1.29 is 4.74 Å². The second kappa shape index (κ2) is 6.15. The molecule has 0 fully saturated rings. The van der Waals surface area contributed by atoms with Crippen LogP contribution >= 0.6 is 0 Å². The van der Waals surface area contributed by atoms with Crippen molar-refractivity contribution in [2.75, 3.05) is 44.8 Å². The molecule has 110 valence electrons. The van der Waals surface area contributed by atoms with Crippen LogP contribution in [0.4, 0.5) is 5.69 Å². The van der Waals surface area contributed by atoms with Crippen LogP contribution in [0.1, 0.15) is 28.7 Å². The molecule has 2 aliphatic heterocycles. The van der Waals surface area contributed by atoms with Gasteiger partial charge in [0.25, 0.3) is 0 Å². The first-order valence-corrected chi connectivity index (χ1v) is 7.90. The lowest BCUT2D eigenvalue weighted by Gasteiger charge is -2.34. The Bertz CT molecular complexity index is 484. The quantitative estimate of drug-likeness (QED) is 0.913. The lowest BCUT2D eigenvalue weighted by molar-refractivity contribution is 0.205. The van der Waals surface area contributed by atoms with Crippen molar-refractivity contribution in [3.05, 3.63) is 28.3 Å². The van der Waals surface area contributed by atoms with Crippen LogP contribution in [0.5, 0.6) is 0 Å². The molecule has 0 bridgehead atoms. The summed E-state index contributed by atoms with van der Waals surface area (Å²) in [7, 11) is 1.79. The third-order valence-electron chi connectivity index (χ3n) is 4.73. The normalized spacial score (nSPS) is 18.4. The maximum atomic E-state index is 5.28. The highest BCUT2D eigenvalue weighted by Crippen LogP contribution is 2.35. The van der Waals surface area contributed by atoms with Gasteiger partial charge < -0.3 is 15.0 Å². The lowest BCUT2D eigenvalue weighted by atomic mass is 9.89. The van der Waals surface area contributed by atoms with Crippen molar-refractivity contribution in [1.29, 1.82) is 0 Å². The van der Waals surface area contributed by atoms with Crippen LogP contribution in [0.15, 0.2) is 6.07 Å². The van der Waals surface area contributed by atoms with Crippen LogP contribution in [-0.2, 0) is 24.0 Å². The summed E-state index contributed by atoms with van der Waals surface area (Å²) < 4.78 is 5.28. The monoisotopic (exact) mass is 274 g/mol. The molecule has 3 heteroatoms. The number of benzene rings is 1. The van der Waals surface area contributed by atoms with Gasteiger partial charge >= 0.3 is 0 Å². The number of anilines is 1. The Hall–Kier alpha value is -1.06. The molecule has 2 aliphatic rings. The standard InChI is InChI=1S/C17H26N2O/c1-13-16-6-8-18-7-5-14(16)12-15-4-3-9-19(17(13)15)10-11-20-2/h12,18H,3-11H2,1-2H3. The Morgan fingerprint density at radius 1 is 1.20 bits per heavy atom. The third-order valence-corrected chi connectivity index (χ3v) is 4.73. The van der Waals surface area contributed by atoms with Gasteiger partial charge in [0.15, 0.2) is 0 Å². The first kappa shape index (κ1) is 13.9. The summed E-state index contributed by atoms with van der Waals surface area (Å²) in [4.78, 5) is 2.54. The van der Waals surface area contributed by atoms with Gasteiger partial charge in [0.1, 0.15) is 0 Å². The van der Waals surface area contributed by atoms with Crippen molar-refractivity contribution in [3.63, 3.8) is 0 Å². The van der Waals surface area contributed by atoms with Crippen molar-refractivity contribution in [3.8, 4) is 0 Å². The maximum Gasteiger partial charge on any atom is 0.0637 e. The van der Waals surface area contributed by atoms with Gasteiger partial charge in [-0.25, -0.2) is 0 Å². The molecule has 0 radical (unpaired) electrons. The van der Waals surface area contributed by atoms with Crippen molar-refractivity contribution >= 4 is 5.69 Å². The van der Waals surface area contributed by atoms with E-state index >= 15 is 0 Å². The van der Waals surface area contributed by atoms with Gasteiger partial charge in [0.05, 0.1) is 6.61 Å². The molecule has 20 heavy (non-hydrogen) atoms. The van der Waals surface area contributed by atoms with Crippen LogP contribution in [-0.4, -0.2) is 39.9 Å². The summed E-state index contributed by atoms with van der Waals surface area (Å²) in [5, 5.41) is 3.52. The molecule has 0 saturated carbocycles. The number of hydrogen-bond acceptors (Lipinski definition) is 3. The van der Waals surface area contributed by atoms with Crippen LogP contribution in [0, 0.1) is 6.92 Å². The van der Waals surface area contributed by atoms with Gasteiger partial charge in [-0.1, -0.05) is 6.07 Å². The molecule has 0 aliphatic carbocycles. The van der Waals surface area contributed by atoms with E-state index in [1.54, 1.807) is 23.8 Å². The summed E-state index contributed by atoms with van der Waals surface area (Å²) in [6.45, 7) is 7.57. The van der Waals surface area contributed by atoms with E-state index in [2.05, 4.69) is 23.2 Å². The SMILES string of the molecule is COCCN1CCCc2cc3c(c(C)c21)CCNCC3. The molecule has 1 aromatic rings. The van der Waals surface area contributed by atoms with Gasteiger partial charge in [-0.15, -0.1) is 0 Å². The lowest BCUT2D eigenvalue weighted by Crippen LogP contribution is -2.33. The van der Waals surface area contributed by atoms with Gasteiger partial charge in [0.2, 0.25) is 0 Å². The molecule has 0 aromatic heterocycles. The van der Waals surface area contributed by atoms with Crippen molar-refractivity contribution in [1.82, 2.24) is 5.32 Å². The fourth-order valence-corrected chi connectivity index (χ4v) is 3.75. The molecule has 3 nitrogen and oxygen atoms in total. The Kier molecular flexibility index (Phi) is 4.27. The van der Waals surface area contributed by atoms with Crippen LogP contribution in [0.2, 0.25) is 0 Å². The summed E-state index contributed by atoms with van der Waals surface area (Å²) in [5.74, 6) is 0. The topological polar surface area (TPSA) is 24.5 Å². The summed E-state index contributed by atoms with van der Waals surface area (Å²) in [5.41, 5.74) is 7.77. The number of nitrogens with one attached hydrogen (secondary N) is 1. The fourth-order valence-electron chi connectivity index (χ4n) is 3.75. The van der Waals surface area contributed by atoms with E-state index < -0.39 is 0 Å². The first-order valence-electron chi connectivity index (χ1n) is 7.90. The van der Waals surface area contributed by atoms with E-state index in [0.717, 1.165) is 26.2 Å².